The average Bonchev–Trinajstić information content (AvgIpc) is 3.73. The molecule has 3 aromatic carbocycles. The van der Waals surface area contributed by atoms with E-state index in [1.165, 1.54) is 7.11 Å². The monoisotopic (exact) mass is 817 g/mol. The van der Waals surface area contributed by atoms with Gasteiger partial charge in [-0.2, -0.15) is 10.1 Å². The lowest BCUT2D eigenvalue weighted by molar-refractivity contribution is -0.133. The Morgan fingerprint density at radius 2 is 1.90 bits per heavy atom. The molecule has 15 heteroatoms. The number of nitrogens with zero attached hydrogens (tertiary/aromatic N) is 8. The number of pyridine rings is 1. The maximum atomic E-state index is 17.3. The number of nitriles is 1. The first-order valence-electron chi connectivity index (χ1n) is 19.6. The lowest BCUT2D eigenvalue weighted by atomic mass is 9.79. The topological polar surface area (TPSA) is 144 Å². The summed E-state index contributed by atoms with van der Waals surface area (Å²) in [6, 6.07) is 18.1. The molecular formula is C43H38Cl2FN9O3. The molecule has 3 aromatic heterocycles. The number of carbonyl (C=O) groups excluding carboxylic acids is 2. The number of nitrogens with one attached hydrogen (secondary N) is 1. The first-order chi connectivity index (χ1) is 28.1. The highest BCUT2D eigenvalue weighted by molar-refractivity contribution is 6.43. The minimum absolute atomic E-state index is 0.0222. The Bertz CT molecular complexity index is 2710. The number of benzene rings is 3. The molecule has 0 radical (unpaired) electrons. The van der Waals surface area contributed by atoms with Crippen LogP contribution < -0.4 is 5.32 Å². The summed E-state index contributed by atoms with van der Waals surface area (Å²) in [6.45, 7) is 3.19. The molecule has 0 spiro atoms. The number of methoxy groups -OCH3 is 1. The molecule has 5 fully saturated rings. The van der Waals surface area contributed by atoms with Crippen molar-refractivity contribution in [3.8, 4) is 28.6 Å². The summed E-state index contributed by atoms with van der Waals surface area (Å²) >= 11 is 13.1. The van der Waals surface area contributed by atoms with E-state index >= 15 is 4.39 Å². The fraction of sp³-hybridized carbons (Fsp3) is 0.372. The highest BCUT2D eigenvalue weighted by atomic mass is 35.5. The number of rotatable bonds is 9. The molecule has 1 N–H and O–H groups in total. The van der Waals surface area contributed by atoms with Crippen LogP contribution in [0.2, 0.25) is 10.0 Å². The van der Waals surface area contributed by atoms with Crippen LogP contribution in [-0.4, -0.2) is 72.8 Å². The van der Waals surface area contributed by atoms with Crippen LogP contribution in [0.25, 0.3) is 44.3 Å². The minimum Gasteiger partial charge on any atom is -0.465 e. The number of hydrogen-bond acceptors (Lipinski definition) is 9. The van der Waals surface area contributed by atoms with Crippen molar-refractivity contribution in [1.29, 1.82) is 5.26 Å². The van der Waals surface area contributed by atoms with Gasteiger partial charge in [-0.1, -0.05) is 47.5 Å². The summed E-state index contributed by atoms with van der Waals surface area (Å²) in [4.78, 5) is 34.7. The van der Waals surface area contributed by atoms with Gasteiger partial charge in [-0.15, -0.1) is 10.2 Å². The molecule has 6 aromatic rings. The lowest BCUT2D eigenvalue weighted by Crippen LogP contribution is -2.41. The molecule has 2 saturated carbocycles. The summed E-state index contributed by atoms with van der Waals surface area (Å²) < 4.78 is 24.5. The second-order valence-corrected chi connectivity index (χ2v) is 16.7. The Kier molecular flexibility index (Phi) is 9.00. The van der Waals surface area contributed by atoms with Crippen LogP contribution in [0.3, 0.4) is 0 Å². The Labute approximate surface area is 342 Å². The van der Waals surface area contributed by atoms with Gasteiger partial charge in [0.1, 0.15) is 5.52 Å². The van der Waals surface area contributed by atoms with E-state index in [9.17, 15) is 14.9 Å². The number of esters is 1. The van der Waals surface area contributed by atoms with Crippen LogP contribution in [0.4, 0.5) is 4.39 Å². The Hall–Kier alpha value is -5.42. The third kappa shape index (κ3) is 5.87. The number of amides is 1. The van der Waals surface area contributed by atoms with Gasteiger partial charge in [0.05, 0.1) is 52.4 Å². The molecule has 3 aliphatic heterocycles. The highest BCUT2D eigenvalue weighted by Gasteiger charge is 2.51. The smallest absolute Gasteiger partial charge is 0.337 e. The molecule has 2 bridgehead atoms. The number of fused-ring (bicyclic) bond motifs is 4. The van der Waals surface area contributed by atoms with Gasteiger partial charge in [0, 0.05) is 70.3 Å². The van der Waals surface area contributed by atoms with Gasteiger partial charge in [-0.05, 0) is 86.1 Å². The normalized spacial score (nSPS) is 22.4. The standard InChI is InChI=1S/C43H38Cl2FN9O3/c1-21-29-18-34(33-17-27(20-53(33)42(56)23-10-11-23)55-51-41(50-52-55)22-8-12-24(13-9-22)43(57)58-2)54(39-26-16-32(39)48-19-26)40(29)30-15-25(5-4-14-47)35(37(46)38(30)49-21)28-6-3-7-31(44)36(28)45/h3,6-9,12-13,15,18,23,26-27,32-33,39,48H,4-5,10-11,16-17,19-20H2,1-2H3/t26-,27+,32-,33-,39+/m1/s1. The van der Waals surface area contributed by atoms with Gasteiger partial charge >= 0.3 is 5.97 Å². The number of hydrogen-bond donors (Lipinski definition) is 1. The van der Waals surface area contributed by atoms with E-state index in [4.69, 9.17) is 38.0 Å². The Balaban J connectivity index is 1.12. The molecule has 6 heterocycles. The molecular weight excluding hydrogens is 780 g/mol. The third-order valence-electron chi connectivity index (χ3n) is 12.6. The van der Waals surface area contributed by atoms with Gasteiger partial charge in [-0.3, -0.25) is 4.79 Å². The van der Waals surface area contributed by atoms with E-state index in [1.807, 2.05) is 17.9 Å². The van der Waals surface area contributed by atoms with E-state index < -0.39 is 11.8 Å². The molecule has 5 aliphatic rings. The molecule has 5 atom stereocenters. The van der Waals surface area contributed by atoms with Crippen molar-refractivity contribution in [3.05, 3.63) is 93.0 Å². The van der Waals surface area contributed by atoms with E-state index in [0.29, 0.717) is 75.0 Å². The molecule has 294 valence electrons. The van der Waals surface area contributed by atoms with E-state index in [0.717, 1.165) is 42.4 Å². The summed E-state index contributed by atoms with van der Waals surface area (Å²) in [5.74, 6) is -0.0731. The van der Waals surface area contributed by atoms with Crippen LogP contribution in [0.1, 0.15) is 77.5 Å². The van der Waals surface area contributed by atoms with Gasteiger partial charge in [0.25, 0.3) is 0 Å². The number of carbonyl (C=O) groups is 2. The lowest BCUT2D eigenvalue weighted by Gasteiger charge is -2.39. The van der Waals surface area contributed by atoms with Crippen LogP contribution in [0.5, 0.6) is 0 Å². The number of aromatic nitrogens is 6. The van der Waals surface area contributed by atoms with Gasteiger partial charge < -0.3 is 19.5 Å². The Morgan fingerprint density at radius 1 is 1.09 bits per heavy atom. The molecule has 2 aliphatic carbocycles. The van der Waals surface area contributed by atoms with Crippen molar-refractivity contribution in [2.24, 2.45) is 11.8 Å². The van der Waals surface area contributed by atoms with Gasteiger partial charge in [-0.25, -0.2) is 14.2 Å². The van der Waals surface area contributed by atoms with Crippen molar-refractivity contribution < 1.29 is 18.7 Å². The van der Waals surface area contributed by atoms with Crippen molar-refractivity contribution in [2.75, 3.05) is 20.2 Å². The number of ether oxygens (including phenoxy) is 1. The van der Waals surface area contributed by atoms with Crippen molar-refractivity contribution in [1.82, 2.24) is 40.0 Å². The Morgan fingerprint density at radius 3 is 2.60 bits per heavy atom. The van der Waals surface area contributed by atoms with Crippen molar-refractivity contribution >= 4 is 56.9 Å². The maximum Gasteiger partial charge on any atom is 0.337 e. The summed E-state index contributed by atoms with van der Waals surface area (Å²) in [5.41, 5.74) is 5.25. The van der Waals surface area contributed by atoms with Gasteiger partial charge in [0.15, 0.2) is 5.82 Å². The van der Waals surface area contributed by atoms with E-state index in [1.54, 1.807) is 47.3 Å². The van der Waals surface area contributed by atoms with E-state index in [2.05, 4.69) is 32.3 Å². The van der Waals surface area contributed by atoms with Crippen molar-refractivity contribution in [2.45, 2.75) is 69.6 Å². The van der Waals surface area contributed by atoms with E-state index in [-0.39, 0.29) is 53.0 Å². The molecule has 0 unspecified atom stereocenters. The number of halogens is 3. The highest BCUT2D eigenvalue weighted by Crippen LogP contribution is 2.52. The number of tetrazole rings is 1. The number of aryl methyl sites for hydroxylation is 2. The zero-order valence-corrected chi connectivity index (χ0v) is 33.3. The number of likely N-dealkylation sites (tertiary alicyclic amines) is 1. The molecule has 11 rings (SSSR count). The van der Waals surface area contributed by atoms with Crippen LogP contribution >= 0.6 is 23.2 Å². The van der Waals surface area contributed by atoms with Crippen LogP contribution in [0.15, 0.2) is 54.6 Å². The minimum atomic E-state index is -0.511. The molecule has 12 nitrogen and oxygen atoms in total. The second kappa shape index (κ2) is 14.1. The predicted molar refractivity (Wildman–Crippen MR) is 216 cm³/mol. The molecule has 58 heavy (non-hydrogen) atoms. The second-order valence-electron chi connectivity index (χ2n) is 16.0. The summed E-state index contributed by atoms with van der Waals surface area (Å²) in [7, 11) is 1.34. The zero-order chi connectivity index (χ0) is 40.0. The molecule has 3 saturated heterocycles. The zero-order valence-electron chi connectivity index (χ0n) is 31.8. The fourth-order valence-corrected chi connectivity index (χ4v) is 9.93. The average molecular weight is 819 g/mol. The van der Waals surface area contributed by atoms with Crippen molar-refractivity contribution in [3.63, 3.8) is 0 Å². The SMILES string of the molecule is COC(=O)c1ccc(-c2nnn([C@H]3C[C@H](c4cc5c(C)nc6c(F)c(-c7cccc(Cl)c7Cl)c(CCC#N)cc6c5n4[C@H]4[C@H]5CN[C@@H]4C5)N(C(=O)C4CC4)C3)n2)cc1. The maximum absolute atomic E-state index is 17.3. The van der Waals surface area contributed by atoms with Gasteiger partial charge in [0.2, 0.25) is 11.7 Å². The summed E-state index contributed by atoms with van der Waals surface area (Å²) in [6.07, 6.45) is 3.78. The first kappa shape index (κ1) is 36.9. The third-order valence-corrected chi connectivity index (χ3v) is 13.4. The van der Waals surface area contributed by atoms with Crippen LogP contribution in [0, 0.1) is 35.9 Å². The van der Waals surface area contributed by atoms with Crippen LogP contribution in [-0.2, 0) is 16.0 Å². The fourth-order valence-electron chi connectivity index (χ4n) is 9.54. The molecule has 1 amide bonds. The quantitative estimate of drug-likeness (QED) is 0.144. The summed E-state index contributed by atoms with van der Waals surface area (Å²) in [5, 5.41) is 29.1. The predicted octanol–water partition coefficient (Wildman–Crippen LogP) is 7.96. The largest absolute Gasteiger partial charge is 0.465 e. The first-order valence-corrected chi connectivity index (χ1v) is 20.4.